The molecule has 0 rings (SSSR count). The van der Waals surface area contributed by atoms with Gasteiger partial charge in [-0.15, -0.1) is 0 Å². The zero-order valence-corrected chi connectivity index (χ0v) is 41.8. The van der Waals surface area contributed by atoms with E-state index in [4.69, 9.17) is 14.2 Å². The van der Waals surface area contributed by atoms with Crippen LogP contribution in [0.2, 0.25) is 0 Å². The number of carbonyl (C=O) groups is 3. The Morgan fingerprint density at radius 2 is 0.609 bits per heavy atom. The molecule has 1 atom stereocenters. The SMILES string of the molecule is CC/C=C\C/C=C\C/C=C\C/C=C\CCCCC(=O)O[C@H](COC(=O)CCCCCCC/C=C\CCCCC)COC(=O)CCCCCCCCCCC/C=C\C/C=C\CCCCC. The van der Waals surface area contributed by atoms with Crippen molar-refractivity contribution in [3.8, 4) is 0 Å². The fraction of sp³-hybridized carbons (Fsp3) is 0.707. The normalized spacial score (nSPS) is 12.7. The third-order valence-electron chi connectivity index (χ3n) is 11.1. The molecule has 64 heavy (non-hydrogen) atoms. The molecule has 0 fully saturated rings. The highest BCUT2D eigenvalue weighted by Gasteiger charge is 2.19. The second kappa shape index (κ2) is 52.2. The van der Waals surface area contributed by atoms with Crippen molar-refractivity contribution in [2.75, 3.05) is 13.2 Å². The lowest BCUT2D eigenvalue weighted by Gasteiger charge is -2.18. The Labute approximate surface area is 395 Å². The van der Waals surface area contributed by atoms with Crippen LogP contribution in [0.5, 0.6) is 0 Å². The average Bonchev–Trinajstić information content (AvgIpc) is 3.29. The van der Waals surface area contributed by atoms with Gasteiger partial charge in [-0.3, -0.25) is 14.4 Å². The van der Waals surface area contributed by atoms with Crippen LogP contribution in [0.4, 0.5) is 0 Å². The summed E-state index contributed by atoms with van der Waals surface area (Å²) in [6, 6.07) is 0. The monoisotopic (exact) mass is 891 g/mol. The molecule has 0 bridgehead atoms. The Morgan fingerprint density at radius 3 is 1.00 bits per heavy atom. The van der Waals surface area contributed by atoms with Crippen LogP contribution in [-0.4, -0.2) is 37.2 Å². The van der Waals surface area contributed by atoms with Gasteiger partial charge in [0.1, 0.15) is 13.2 Å². The molecular weight excluding hydrogens is 793 g/mol. The maximum absolute atomic E-state index is 12.8. The van der Waals surface area contributed by atoms with Gasteiger partial charge in [-0.1, -0.05) is 196 Å². The van der Waals surface area contributed by atoms with Crippen molar-refractivity contribution in [1.82, 2.24) is 0 Å². The highest BCUT2D eigenvalue weighted by Crippen LogP contribution is 2.14. The van der Waals surface area contributed by atoms with Crippen molar-refractivity contribution in [3.05, 3.63) is 85.1 Å². The fourth-order valence-corrected chi connectivity index (χ4v) is 7.10. The van der Waals surface area contributed by atoms with Gasteiger partial charge in [-0.2, -0.15) is 0 Å². The summed E-state index contributed by atoms with van der Waals surface area (Å²) in [6.45, 7) is 6.43. The second-order valence-electron chi connectivity index (χ2n) is 17.4. The van der Waals surface area contributed by atoms with Gasteiger partial charge >= 0.3 is 17.9 Å². The summed E-state index contributed by atoms with van der Waals surface area (Å²) >= 11 is 0. The Hall–Kier alpha value is -3.41. The quantitative estimate of drug-likeness (QED) is 0.0262. The summed E-state index contributed by atoms with van der Waals surface area (Å²) < 4.78 is 16.8. The van der Waals surface area contributed by atoms with Crippen LogP contribution in [-0.2, 0) is 28.6 Å². The number of allylic oxidation sites excluding steroid dienone is 14. The van der Waals surface area contributed by atoms with Crippen molar-refractivity contribution >= 4 is 17.9 Å². The number of hydrogen-bond acceptors (Lipinski definition) is 6. The minimum absolute atomic E-state index is 0.0984. The first-order valence-electron chi connectivity index (χ1n) is 26.6. The Balaban J connectivity index is 4.43. The van der Waals surface area contributed by atoms with Gasteiger partial charge in [-0.25, -0.2) is 0 Å². The van der Waals surface area contributed by atoms with E-state index in [-0.39, 0.29) is 37.5 Å². The molecule has 0 spiro atoms. The lowest BCUT2D eigenvalue weighted by Crippen LogP contribution is -2.30. The molecular formula is C58H98O6. The lowest BCUT2D eigenvalue weighted by atomic mass is 10.1. The van der Waals surface area contributed by atoms with E-state index in [2.05, 4.69) is 106 Å². The minimum atomic E-state index is -0.803. The van der Waals surface area contributed by atoms with Crippen LogP contribution in [0.3, 0.4) is 0 Å². The molecule has 0 N–H and O–H groups in total. The highest BCUT2D eigenvalue weighted by atomic mass is 16.6. The lowest BCUT2D eigenvalue weighted by molar-refractivity contribution is -0.167. The number of unbranched alkanes of at least 4 members (excludes halogenated alkanes) is 22. The molecule has 0 aromatic heterocycles. The number of ether oxygens (including phenoxy) is 3. The van der Waals surface area contributed by atoms with E-state index in [1.54, 1.807) is 0 Å². The van der Waals surface area contributed by atoms with Gasteiger partial charge in [0.05, 0.1) is 0 Å². The molecule has 6 heteroatoms. The first kappa shape index (κ1) is 60.6. The van der Waals surface area contributed by atoms with Gasteiger partial charge in [0.2, 0.25) is 0 Å². The van der Waals surface area contributed by atoms with Crippen LogP contribution in [0.25, 0.3) is 0 Å². The molecule has 0 heterocycles. The number of esters is 3. The maximum atomic E-state index is 12.8. The summed E-state index contributed by atoms with van der Waals surface area (Å²) in [5, 5.41) is 0. The molecule has 0 radical (unpaired) electrons. The van der Waals surface area contributed by atoms with E-state index >= 15 is 0 Å². The zero-order valence-electron chi connectivity index (χ0n) is 41.8. The smallest absolute Gasteiger partial charge is 0.306 e. The van der Waals surface area contributed by atoms with Crippen molar-refractivity contribution in [2.24, 2.45) is 0 Å². The molecule has 0 aromatic rings. The van der Waals surface area contributed by atoms with Crippen molar-refractivity contribution in [2.45, 2.75) is 252 Å². The van der Waals surface area contributed by atoms with Crippen LogP contribution >= 0.6 is 0 Å². The fourth-order valence-electron chi connectivity index (χ4n) is 7.10. The Bertz CT molecular complexity index is 1250. The molecule has 0 aliphatic rings. The van der Waals surface area contributed by atoms with Crippen molar-refractivity contribution < 1.29 is 28.6 Å². The van der Waals surface area contributed by atoms with Crippen molar-refractivity contribution in [1.29, 1.82) is 0 Å². The standard InChI is InChI=1S/C58H98O6/c1-4-7-10-13-16-19-22-25-27-28-29-30-32-33-36-39-42-45-48-51-57(60)63-54-55(53-62-56(59)50-47-44-41-38-35-24-21-18-15-12-9-6-3)64-58(61)52-49-46-43-40-37-34-31-26-23-20-17-14-11-8-5-2/h8,11,16-21,25-27,31,37,40,55H,4-7,9-10,12-15,22-24,28-30,32-36,38-39,41-54H2,1-3H3/b11-8-,19-16-,20-17-,21-18-,27-25-,31-26-,40-37-/t55-/m1/s1. The predicted molar refractivity (Wildman–Crippen MR) is 274 cm³/mol. The molecule has 0 saturated carbocycles. The van der Waals surface area contributed by atoms with Gasteiger partial charge in [0.25, 0.3) is 0 Å². The average molecular weight is 891 g/mol. The van der Waals surface area contributed by atoms with E-state index in [0.29, 0.717) is 19.3 Å². The van der Waals surface area contributed by atoms with Gasteiger partial charge < -0.3 is 14.2 Å². The number of carbonyl (C=O) groups excluding carboxylic acids is 3. The molecule has 0 aromatic carbocycles. The molecule has 6 nitrogen and oxygen atoms in total. The minimum Gasteiger partial charge on any atom is -0.462 e. The van der Waals surface area contributed by atoms with Gasteiger partial charge in [-0.05, 0) is 116 Å². The van der Waals surface area contributed by atoms with Crippen LogP contribution in [0.15, 0.2) is 85.1 Å². The summed E-state index contributed by atoms with van der Waals surface area (Å²) in [7, 11) is 0. The second-order valence-corrected chi connectivity index (χ2v) is 17.4. The Kier molecular flexibility index (Phi) is 49.4. The molecule has 0 aliphatic carbocycles. The van der Waals surface area contributed by atoms with Gasteiger partial charge in [0, 0.05) is 19.3 Å². The first-order chi connectivity index (χ1) is 31.5. The van der Waals surface area contributed by atoms with E-state index in [9.17, 15) is 14.4 Å². The zero-order chi connectivity index (χ0) is 46.5. The third-order valence-corrected chi connectivity index (χ3v) is 11.1. The molecule has 0 unspecified atom stereocenters. The number of hydrogen-bond donors (Lipinski definition) is 0. The summed E-state index contributed by atoms with van der Waals surface area (Å²) in [4.78, 5) is 38.0. The maximum Gasteiger partial charge on any atom is 0.306 e. The topological polar surface area (TPSA) is 78.9 Å². The molecule has 0 saturated heterocycles. The molecule has 0 aliphatic heterocycles. The number of rotatable bonds is 47. The first-order valence-corrected chi connectivity index (χ1v) is 26.6. The Morgan fingerprint density at radius 1 is 0.328 bits per heavy atom. The van der Waals surface area contributed by atoms with E-state index in [1.807, 2.05) is 0 Å². The third kappa shape index (κ3) is 49.6. The van der Waals surface area contributed by atoms with Crippen LogP contribution in [0.1, 0.15) is 245 Å². The summed E-state index contributed by atoms with van der Waals surface area (Å²) in [5.74, 6) is -0.954. The highest BCUT2D eigenvalue weighted by molar-refractivity contribution is 5.71. The predicted octanol–water partition coefficient (Wildman–Crippen LogP) is 17.6. The van der Waals surface area contributed by atoms with Crippen molar-refractivity contribution in [3.63, 3.8) is 0 Å². The molecule has 0 amide bonds. The summed E-state index contributed by atoms with van der Waals surface area (Å²) in [6.07, 6.45) is 67.1. The van der Waals surface area contributed by atoms with E-state index < -0.39 is 6.10 Å². The largest absolute Gasteiger partial charge is 0.462 e. The van der Waals surface area contributed by atoms with E-state index in [1.165, 1.54) is 103 Å². The van der Waals surface area contributed by atoms with Gasteiger partial charge in [0.15, 0.2) is 6.10 Å². The van der Waals surface area contributed by atoms with E-state index in [0.717, 1.165) is 96.3 Å². The van der Waals surface area contributed by atoms with Crippen LogP contribution in [0, 0.1) is 0 Å². The summed E-state index contributed by atoms with van der Waals surface area (Å²) in [5.41, 5.74) is 0. The van der Waals surface area contributed by atoms with Crippen LogP contribution < -0.4 is 0 Å². The molecule has 366 valence electrons.